The molecule has 0 saturated carbocycles. The molecule has 2 rings (SSSR count). The molecule has 1 fully saturated rings. The molecule has 0 N–H and O–H groups in total. The van der Waals surface area contributed by atoms with Crippen LogP contribution >= 0.6 is 0 Å². The zero-order chi connectivity index (χ0) is 10.3. The number of carbonyl (C=O) groups excluding carboxylic acids is 3. The molecule has 4 nitrogen and oxygen atoms in total. The quantitative estimate of drug-likeness (QED) is 0.261. The summed E-state index contributed by atoms with van der Waals surface area (Å²) in [7, 11) is 0. The number of rotatable bonds is 1. The van der Waals surface area contributed by atoms with Gasteiger partial charge in [-0.15, -0.1) is 0 Å². The van der Waals surface area contributed by atoms with E-state index in [4.69, 9.17) is 0 Å². The Balaban J connectivity index is 2.40. The highest BCUT2D eigenvalue weighted by Gasteiger charge is 2.51. The number of ether oxygens (including phenoxy) is 1. The van der Waals surface area contributed by atoms with Crippen LogP contribution < -0.4 is 0 Å². The van der Waals surface area contributed by atoms with E-state index in [2.05, 4.69) is 4.74 Å². The van der Waals surface area contributed by atoms with Crippen LogP contribution in [0.5, 0.6) is 0 Å². The van der Waals surface area contributed by atoms with Gasteiger partial charge in [-0.3, -0.25) is 9.59 Å². The largest absolute Gasteiger partial charge is 0.393 e. The van der Waals surface area contributed by atoms with Crippen molar-refractivity contribution in [2.24, 2.45) is 23.7 Å². The predicted molar refractivity (Wildman–Crippen MR) is 45.9 cm³/mol. The molecule has 4 unspecified atom stereocenters. The third-order valence-electron chi connectivity index (χ3n) is 2.91. The number of cyclic esters (lactones) is 2. The van der Waals surface area contributed by atoms with Crippen LogP contribution in [0.1, 0.15) is 6.92 Å². The molecule has 0 aromatic rings. The predicted octanol–water partition coefficient (Wildman–Crippen LogP) is 0.323. The maximum absolute atomic E-state index is 11.3. The Morgan fingerprint density at radius 2 is 1.86 bits per heavy atom. The molecule has 4 heteroatoms. The van der Waals surface area contributed by atoms with Crippen molar-refractivity contribution < 1.29 is 19.1 Å². The van der Waals surface area contributed by atoms with Crippen molar-refractivity contribution in [3.8, 4) is 0 Å². The first-order valence-corrected chi connectivity index (χ1v) is 4.54. The Hall–Kier alpha value is -1.45. The lowest BCUT2D eigenvalue weighted by atomic mass is 9.73. The van der Waals surface area contributed by atoms with Gasteiger partial charge in [0.25, 0.3) is 0 Å². The molecular formula is C10H10O4. The van der Waals surface area contributed by atoms with Crippen molar-refractivity contribution in [2.75, 3.05) is 0 Å². The Labute approximate surface area is 80.9 Å². The summed E-state index contributed by atoms with van der Waals surface area (Å²) in [5.41, 5.74) is 0. The second kappa shape index (κ2) is 3.04. The van der Waals surface area contributed by atoms with E-state index in [0.29, 0.717) is 6.29 Å². The van der Waals surface area contributed by atoms with E-state index < -0.39 is 29.7 Å². The van der Waals surface area contributed by atoms with Crippen LogP contribution in [0.4, 0.5) is 0 Å². The van der Waals surface area contributed by atoms with E-state index in [-0.39, 0.29) is 5.92 Å². The number of allylic oxidation sites excluding steroid dienone is 2. The standard InChI is InChI=1S/C10H10O4/c1-5-2-3-6(4-11)8-7(5)9(12)14-10(8)13/h2-8H,1H3. The van der Waals surface area contributed by atoms with E-state index >= 15 is 0 Å². The zero-order valence-corrected chi connectivity index (χ0v) is 7.67. The Kier molecular flexibility index (Phi) is 1.98. The zero-order valence-electron chi connectivity index (χ0n) is 7.67. The molecule has 0 spiro atoms. The lowest BCUT2D eigenvalue weighted by molar-refractivity contribution is -0.154. The van der Waals surface area contributed by atoms with Gasteiger partial charge in [0, 0.05) is 5.92 Å². The lowest BCUT2D eigenvalue weighted by Gasteiger charge is -2.25. The highest BCUT2D eigenvalue weighted by molar-refractivity contribution is 5.98. The van der Waals surface area contributed by atoms with Crippen LogP contribution in [0.3, 0.4) is 0 Å². The average Bonchev–Trinajstić information content (AvgIpc) is 2.44. The van der Waals surface area contributed by atoms with Crippen molar-refractivity contribution in [3.05, 3.63) is 12.2 Å². The summed E-state index contributed by atoms with van der Waals surface area (Å²) >= 11 is 0. The topological polar surface area (TPSA) is 60.4 Å². The molecule has 1 aliphatic heterocycles. The number of hydrogen-bond acceptors (Lipinski definition) is 4. The molecule has 1 heterocycles. The molecule has 0 aromatic heterocycles. The third kappa shape index (κ3) is 1.10. The van der Waals surface area contributed by atoms with E-state index in [1.807, 2.05) is 6.92 Å². The average molecular weight is 194 g/mol. The Morgan fingerprint density at radius 3 is 2.50 bits per heavy atom. The van der Waals surface area contributed by atoms with Gasteiger partial charge in [0.05, 0.1) is 11.8 Å². The fourth-order valence-corrected chi connectivity index (χ4v) is 2.14. The Morgan fingerprint density at radius 1 is 1.21 bits per heavy atom. The van der Waals surface area contributed by atoms with Crippen molar-refractivity contribution >= 4 is 18.2 Å². The summed E-state index contributed by atoms with van der Waals surface area (Å²) in [5.74, 6) is -2.66. The van der Waals surface area contributed by atoms with Crippen LogP contribution in [-0.4, -0.2) is 18.2 Å². The minimum atomic E-state index is -0.597. The first kappa shape index (κ1) is 9.12. The minimum Gasteiger partial charge on any atom is -0.393 e. The van der Waals surface area contributed by atoms with E-state index in [0.717, 1.165) is 0 Å². The number of esters is 2. The summed E-state index contributed by atoms with van der Waals surface area (Å²) in [6.45, 7) is 1.84. The summed E-state index contributed by atoms with van der Waals surface area (Å²) < 4.78 is 4.53. The summed E-state index contributed by atoms with van der Waals surface area (Å²) in [4.78, 5) is 33.3. The number of fused-ring (bicyclic) bond motifs is 1. The SMILES string of the molecule is CC1C=CC(C=O)C2C(=O)OC(=O)C12. The van der Waals surface area contributed by atoms with Gasteiger partial charge >= 0.3 is 11.9 Å². The van der Waals surface area contributed by atoms with E-state index in [1.165, 1.54) is 0 Å². The highest BCUT2D eigenvalue weighted by atomic mass is 16.6. The molecule has 0 aromatic carbocycles. The van der Waals surface area contributed by atoms with Crippen LogP contribution in [-0.2, 0) is 19.1 Å². The van der Waals surface area contributed by atoms with Crippen molar-refractivity contribution in [1.29, 1.82) is 0 Å². The highest BCUT2D eigenvalue weighted by Crippen LogP contribution is 2.39. The van der Waals surface area contributed by atoms with Crippen molar-refractivity contribution in [3.63, 3.8) is 0 Å². The second-order valence-electron chi connectivity index (χ2n) is 3.75. The first-order valence-electron chi connectivity index (χ1n) is 4.54. The van der Waals surface area contributed by atoms with Gasteiger partial charge in [0.2, 0.25) is 0 Å². The van der Waals surface area contributed by atoms with Crippen LogP contribution in [0.25, 0.3) is 0 Å². The van der Waals surface area contributed by atoms with Crippen molar-refractivity contribution in [2.45, 2.75) is 6.92 Å². The van der Waals surface area contributed by atoms with E-state index in [1.54, 1.807) is 12.2 Å². The normalized spacial score (nSPS) is 40.6. The maximum Gasteiger partial charge on any atom is 0.318 e. The van der Waals surface area contributed by atoms with Gasteiger partial charge in [-0.05, 0) is 5.92 Å². The molecule has 4 atom stereocenters. The smallest absolute Gasteiger partial charge is 0.318 e. The van der Waals surface area contributed by atoms with Gasteiger partial charge < -0.3 is 9.53 Å². The number of hydrogen-bond donors (Lipinski definition) is 0. The second-order valence-corrected chi connectivity index (χ2v) is 3.75. The van der Waals surface area contributed by atoms with Gasteiger partial charge in [0.1, 0.15) is 6.29 Å². The van der Waals surface area contributed by atoms with Crippen LogP contribution in [0.15, 0.2) is 12.2 Å². The molecule has 14 heavy (non-hydrogen) atoms. The fourth-order valence-electron chi connectivity index (χ4n) is 2.14. The minimum absolute atomic E-state index is 0.0323. The monoisotopic (exact) mass is 194 g/mol. The lowest BCUT2D eigenvalue weighted by Crippen LogP contribution is -2.33. The molecule has 0 bridgehead atoms. The summed E-state index contributed by atoms with van der Waals surface area (Å²) in [6.07, 6.45) is 4.17. The fraction of sp³-hybridized carbons (Fsp3) is 0.500. The molecule has 1 saturated heterocycles. The first-order chi connectivity index (χ1) is 6.65. The molecule has 74 valence electrons. The van der Waals surface area contributed by atoms with Crippen LogP contribution in [0, 0.1) is 23.7 Å². The third-order valence-corrected chi connectivity index (χ3v) is 2.91. The molecular weight excluding hydrogens is 184 g/mol. The number of aldehydes is 1. The van der Waals surface area contributed by atoms with Crippen molar-refractivity contribution in [1.82, 2.24) is 0 Å². The molecule has 0 amide bonds. The maximum atomic E-state index is 11.3. The van der Waals surface area contributed by atoms with Gasteiger partial charge in [-0.2, -0.15) is 0 Å². The summed E-state index contributed by atoms with van der Waals surface area (Å²) in [5, 5.41) is 0. The molecule has 2 aliphatic rings. The van der Waals surface area contributed by atoms with Gasteiger partial charge in [0.15, 0.2) is 0 Å². The number of carbonyl (C=O) groups is 3. The van der Waals surface area contributed by atoms with E-state index in [9.17, 15) is 14.4 Å². The summed E-state index contributed by atoms with van der Waals surface area (Å²) in [6, 6.07) is 0. The molecule has 0 radical (unpaired) electrons. The molecule has 1 aliphatic carbocycles. The Bertz CT molecular complexity index is 331. The van der Waals surface area contributed by atoms with Crippen LogP contribution in [0.2, 0.25) is 0 Å². The van der Waals surface area contributed by atoms with Gasteiger partial charge in [-0.1, -0.05) is 19.1 Å². The van der Waals surface area contributed by atoms with Gasteiger partial charge in [-0.25, -0.2) is 0 Å².